The molecule has 2 rings (SSSR count). The van der Waals surface area contributed by atoms with Crippen LogP contribution >= 0.6 is 15.9 Å². The van der Waals surface area contributed by atoms with Crippen molar-refractivity contribution in [2.75, 3.05) is 24.6 Å². The van der Waals surface area contributed by atoms with Gasteiger partial charge in [0.2, 0.25) is 0 Å². The monoisotopic (exact) mass is 349 g/mol. The van der Waals surface area contributed by atoms with Crippen LogP contribution < -0.4 is 9.64 Å². The standard InChI is InChI=1S/C17H20BrNO2/c1-14(20)13-19(16-5-3-2-4-6-16)11-12-21-17-9-7-15(18)8-10-17/h2-10,14,20H,11-13H2,1H3. The zero-order chi connectivity index (χ0) is 15.1. The van der Waals surface area contributed by atoms with E-state index in [2.05, 4.69) is 20.8 Å². The van der Waals surface area contributed by atoms with Gasteiger partial charge < -0.3 is 14.7 Å². The number of benzene rings is 2. The van der Waals surface area contributed by atoms with Crippen molar-refractivity contribution in [3.63, 3.8) is 0 Å². The predicted molar refractivity (Wildman–Crippen MR) is 90.0 cm³/mol. The summed E-state index contributed by atoms with van der Waals surface area (Å²) in [7, 11) is 0. The number of aliphatic hydroxyl groups is 1. The SMILES string of the molecule is CC(O)CN(CCOc1ccc(Br)cc1)c1ccccc1. The van der Waals surface area contributed by atoms with E-state index in [1.54, 1.807) is 6.92 Å². The van der Waals surface area contributed by atoms with Crippen LogP contribution in [0.25, 0.3) is 0 Å². The van der Waals surface area contributed by atoms with Gasteiger partial charge in [0, 0.05) is 16.7 Å². The van der Waals surface area contributed by atoms with Crippen molar-refractivity contribution < 1.29 is 9.84 Å². The Bertz CT molecular complexity index is 528. The van der Waals surface area contributed by atoms with Gasteiger partial charge in [-0.3, -0.25) is 0 Å². The van der Waals surface area contributed by atoms with Crippen LogP contribution in [0.15, 0.2) is 59.1 Å². The molecule has 2 aromatic carbocycles. The zero-order valence-corrected chi connectivity index (χ0v) is 13.7. The first-order valence-electron chi connectivity index (χ1n) is 7.01. The van der Waals surface area contributed by atoms with Gasteiger partial charge in [-0.1, -0.05) is 34.1 Å². The summed E-state index contributed by atoms with van der Waals surface area (Å²) < 4.78 is 6.79. The molecule has 0 aromatic heterocycles. The molecule has 0 aliphatic heterocycles. The normalized spacial score (nSPS) is 12.0. The number of ether oxygens (including phenoxy) is 1. The van der Waals surface area contributed by atoms with Crippen molar-refractivity contribution in [2.24, 2.45) is 0 Å². The summed E-state index contributed by atoms with van der Waals surface area (Å²) in [5.41, 5.74) is 1.10. The van der Waals surface area contributed by atoms with Gasteiger partial charge in [-0.05, 0) is 43.3 Å². The molecule has 0 saturated heterocycles. The molecule has 3 nitrogen and oxygen atoms in total. The van der Waals surface area contributed by atoms with Crippen LogP contribution in [0.2, 0.25) is 0 Å². The summed E-state index contributed by atoms with van der Waals surface area (Å²) in [5.74, 6) is 0.850. The lowest BCUT2D eigenvalue weighted by Gasteiger charge is -2.26. The van der Waals surface area contributed by atoms with Crippen molar-refractivity contribution in [3.8, 4) is 5.75 Å². The highest BCUT2D eigenvalue weighted by Gasteiger charge is 2.09. The fraction of sp³-hybridized carbons (Fsp3) is 0.294. The first kappa shape index (κ1) is 15.9. The third-order valence-corrected chi connectivity index (χ3v) is 3.58. The molecule has 21 heavy (non-hydrogen) atoms. The third kappa shape index (κ3) is 5.40. The molecule has 0 bridgehead atoms. The fourth-order valence-corrected chi connectivity index (χ4v) is 2.35. The Morgan fingerprint density at radius 2 is 1.76 bits per heavy atom. The molecule has 1 unspecified atom stereocenters. The Hall–Kier alpha value is -1.52. The second-order valence-electron chi connectivity index (χ2n) is 4.93. The fourth-order valence-electron chi connectivity index (χ4n) is 2.09. The minimum absolute atomic E-state index is 0.377. The van der Waals surface area contributed by atoms with Crippen LogP contribution in [0.5, 0.6) is 5.75 Å². The lowest BCUT2D eigenvalue weighted by atomic mass is 10.2. The van der Waals surface area contributed by atoms with Gasteiger partial charge in [-0.25, -0.2) is 0 Å². The maximum absolute atomic E-state index is 9.64. The molecule has 0 saturated carbocycles. The Balaban J connectivity index is 1.91. The largest absolute Gasteiger partial charge is 0.492 e. The molecule has 112 valence electrons. The van der Waals surface area contributed by atoms with Gasteiger partial charge in [0.05, 0.1) is 12.6 Å². The van der Waals surface area contributed by atoms with Crippen LogP contribution in [-0.4, -0.2) is 30.9 Å². The lowest BCUT2D eigenvalue weighted by Crippen LogP contribution is -2.34. The van der Waals surface area contributed by atoms with E-state index in [0.717, 1.165) is 22.5 Å². The molecule has 4 heteroatoms. The van der Waals surface area contributed by atoms with Gasteiger partial charge in [0.15, 0.2) is 0 Å². The molecular weight excluding hydrogens is 330 g/mol. The summed E-state index contributed by atoms with van der Waals surface area (Å²) in [4.78, 5) is 2.13. The smallest absolute Gasteiger partial charge is 0.119 e. The quantitative estimate of drug-likeness (QED) is 0.826. The first-order valence-corrected chi connectivity index (χ1v) is 7.81. The number of hydrogen-bond donors (Lipinski definition) is 1. The molecular formula is C17H20BrNO2. The van der Waals surface area contributed by atoms with E-state index in [1.807, 2.05) is 54.6 Å². The highest BCUT2D eigenvalue weighted by molar-refractivity contribution is 9.10. The number of hydrogen-bond acceptors (Lipinski definition) is 3. The summed E-state index contributed by atoms with van der Waals surface area (Å²) >= 11 is 3.40. The summed E-state index contributed by atoms with van der Waals surface area (Å²) in [6.45, 7) is 3.69. The topological polar surface area (TPSA) is 32.7 Å². The van der Waals surface area contributed by atoms with Gasteiger partial charge in [0.25, 0.3) is 0 Å². The van der Waals surface area contributed by atoms with Crippen LogP contribution in [0.1, 0.15) is 6.92 Å². The third-order valence-electron chi connectivity index (χ3n) is 3.05. The minimum Gasteiger partial charge on any atom is -0.492 e. The van der Waals surface area contributed by atoms with Crippen molar-refractivity contribution in [1.29, 1.82) is 0 Å². The van der Waals surface area contributed by atoms with Gasteiger partial charge in [0.1, 0.15) is 12.4 Å². The maximum atomic E-state index is 9.64. The van der Waals surface area contributed by atoms with E-state index < -0.39 is 0 Å². The second-order valence-corrected chi connectivity index (χ2v) is 5.85. The number of para-hydroxylation sites is 1. The molecule has 2 aromatic rings. The number of halogens is 1. The average Bonchev–Trinajstić information content (AvgIpc) is 2.49. The molecule has 0 aliphatic carbocycles. The predicted octanol–water partition coefficient (Wildman–Crippen LogP) is 3.72. The summed E-state index contributed by atoms with van der Waals surface area (Å²) in [5, 5.41) is 9.64. The second kappa shape index (κ2) is 8.05. The van der Waals surface area contributed by atoms with E-state index in [4.69, 9.17) is 4.74 Å². The number of anilines is 1. The molecule has 0 heterocycles. The van der Waals surface area contributed by atoms with Gasteiger partial charge in [-0.2, -0.15) is 0 Å². The molecule has 0 amide bonds. The van der Waals surface area contributed by atoms with Gasteiger partial charge in [-0.15, -0.1) is 0 Å². The number of rotatable bonds is 7. The van der Waals surface area contributed by atoms with Crippen molar-refractivity contribution >= 4 is 21.6 Å². The lowest BCUT2D eigenvalue weighted by molar-refractivity contribution is 0.197. The Kier molecular flexibility index (Phi) is 6.08. The Morgan fingerprint density at radius 1 is 1.10 bits per heavy atom. The van der Waals surface area contributed by atoms with Crippen molar-refractivity contribution in [1.82, 2.24) is 0 Å². The number of nitrogens with zero attached hydrogens (tertiary/aromatic N) is 1. The Morgan fingerprint density at radius 3 is 2.38 bits per heavy atom. The highest BCUT2D eigenvalue weighted by Crippen LogP contribution is 2.17. The molecule has 0 radical (unpaired) electrons. The molecule has 0 aliphatic rings. The Labute approximate surface area is 134 Å². The number of aliphatic hydroxyl groups excluding tert-OH is 1. The van der Waals surface area contributed by atoms with Gasteiger partial charge >= 0.3 is 0 Å². The molecule has 1 atom stereocenters. The molecule has 1 N–H and O–H groups in total. The highest BCUT2D eigenvalue weighted by atomic mass is 79.9. The summed E-state index contributed by atoms with van der Waals surface area (Å²) in [6.07, 6.45) is -0.377. The van der Waals surface area contributed by atoms with E-state index in [1.165, 1.54) is 0 Å². The van der Waals surface area contributed by atoms with Crippen LogP contribution in [0.3, 0.4) is 0 Å². The molecule has 0 spiro atoms. The van der Waals surface area contributed by atoms with Crippen molar-refractivity contribution in [3.05, 3.63) is 59.1 Å². The summed E-state index contributed by atoms with van der Waals surface area (Å²) in [6, 6.07) is 17.9. The maximum Gasteiger partial charge on any atom is 0.119 e. The van der Waals surface area contributed by atoms with Crippen LogP contribution in [0.4, 0.5) is 5.69 Å². The van der Waals surface area contributed by atoms with E-state index in [0.29, 0.717) is 13.2 Å². The zero-order valence-electron chi connectivity index (χ0n) is 12.1. The van der Waals surface area contributed by atoms with Crippen LogP contribution in [0, 0.1) is 0 Å². The van der Waals surface area contributed by atoms with Crippen molar-refractivity contribution in [2.45, 2.75) is 13.0 Å². The van der Waals surface area contributed by atoms with Crippen LogP contribution in [-0.2, 0) is 0 Å². The first-order chi connectivity index (χ1) is 10.1. The van der Waals surface area contributed by atoms with E-state index in [-0.39, 0.29) is 6.10 Å². The van der Waals surface area contributed by atoms with E-state index >= 15 is 0 Å². The van der Waals surface area contributed by atoms with E-state index in [9.17, 15) is 5.11 Å². The minimum atomic E-state index is -0.377. The average molecular weight is 350 g/mol. The molecule has 0 fully saturated rings.